The first kappa shape index (κ1) is 35.9. The molecule has 2 heterocycles. The number of aliphatic imine (C=N–C) groups is 2. The average molecular weight is 719 g/mol. The van der Waals surface area contributed by atoms with Gasteiger partial charge in [0.1, 0.15) is 11.7 Å². The number of nitrogens with zero attached hydrogens (tertiary/aromatic N) is 2. The lowest BCUT2D eigenvalue weighted by Gasteiger charge is -2.38. The molecule has 8 aliphatic rings. The number of hydrogen-bond donors (Lipinski definition) is 2. The van der Waals surface area contributed by atoms with Gasteiger partial charge in [0.25, 0.3) is 0 Å². The third kappa shape index (κ3) is 8.11. The van der Waals surface area contributed by atoms with E-state index in [0.29, 0.717) is 29.7 Å². The number of nitrogens with one attached hydrogen (secondary N) is 2. The van der Waals surface area contributed by atoms with Crippen molar-refractivity contribution in [2.24, 2.45) is 45.5 Å². The van der Waals surface area contributed by atoms with Gasteiger partial charge in [-0.1, -0.05) is 103 Å². The summed E-state index contributed by atoms with van der Waals surface area (Å²) in [6.45, 7) is 0.977. The van der Waals surface area contributed by atoms with E-state index >= 15 is 0 Å². The second-order valence-electron chi connectivity index (χ2n) is 17.5. The molecule has 1 fully saturated rings. The van der Waals surface area contributed by atoms with E-state index in [2.05, 4.69) is 108 Å². The van der Waals surface area contributed by atoms with E-state index in [1.54, 1.807) is 16.7 Å². The lowest BCUT2D eigenvalue weighted by Crippen LogP contribution is -2.45. The van der Waals surface area contributed by atoms with Crippen LogP contribution in [0.5, 0.6) is 0 Å². The van der Waals surface area contributed by atoms with Crippen LogP contribution in [0.3, 0.4) is 0 Å². The fourth-order valence-electron chi connectivity index (χ4n) is 10.9. The minimum absolute atomic E-state index is 0.141. The lowest BCUT2D eigenvalue weighted by atomic mass is 9.75. The molecule has 6 unspecified atom stereocenters. The summed E-state index contributed by atoms with van der Waals surface area (Å²) >= 11 is 0. The Labute approximate surface area is 325 Å². The first-order valence-electron chi connectivity index (χ1n) is 22.0. The predicted octanol–water partition coefficient (Wildman–Crippen LogP) is 11.6. The van der Waals surface area contributed by atoms with Crippen molar-refractivity contribution in [3.8, 4) is 0 Å². The molecule has 54 heavy (non-hydrogen) atoms. The normalized spacial score (nSPS) is 34.3. The Hall–Kier alpha value is -3.76. The minimum atomic E-state index is -0.141. The maximum absolute atomic E-state index is 5.53. The maximum Gasteiger partial charge on any atom is 0.165 e. The lowest BCUT2D eigenvalue weighted by molar-refractivity contribution is 0.343. The highest BCUT2D eigenvalue weighted by molar-refractivity contribution is 6.05. The Kier molecular flexibility index (Phi) is 11.3. The van der Waals surface area contributed by atoms with Crippen molar-refractivity contribution in [2.45, 2.75) is 121 Å². The van der Waals surface area contributed by atoms with Crippen molar-refractivity contribution >= 4 is 17.2 Å². The van der Waals surface area contributed by atoms with Crippen molar-refractivity contribution in [1.29, 1.82) is 0 Å². The molecule has 0 spiro atoms. The molecule has 4 nitrogen and oxygen atoms in total. The summed E-state index contributed by atoms with van der Waals surface area (Å²) in [6, 6.07) is 11.6. The molecule has 4 heteroatoms. The molecule has 9 rings (SSSR count). The average Bonchev–Trinajstić information content (AvgIpc) is 3.27. The van der Waals surface area contributed by atoms with Gasteiger partial charge in [-0.05, 0) is 155 Å². The van der Waals surface area contributed by atoms with E-state index in [4.69, 9.17) is 9.98 Å². The van der Waals surface area contributed by atoms with Gasteiger partial charge in [0.2, 0.25) is 0 Å². The zero-order valence-electron chi connectivity index (χ0n) is 32.5. The van der Waals surface area contributed by atoms with Gasteiger partial charge in [0.15, 0.2) is 6.17 Å². The quantitative estimate of drug-likeness (QED) is 0.263. The Morgan fingerprint density at radius 2 is 1.44 bits per heavy atom. The maximum atomic E-state index is 5.53. The Bertz CT molecular complexity index is 1820. The van der Waals surface area contributed by atoms with Gasteiger partial charge in [0, 0.05) is 30.3 Å². The molecule has 1 aromatic carbocycles. The summed E-state index contributed by atoms with van der Waals surface area (Å²) in [5, 5.41) is 7.97. The van der Waals surface area contributed by atoms with Crippen LogP contribution < -0.4 is 10.6 Å². The van der Waals surface area contributed by atoms with Crippen LogP contribution in [0, 0.1) is 35.5 Å². The molecule has 1 saturated carbocycles. The van der Waals surface area contributed by atoms with Crippen molar-refractivity contribution in [3.63, 3.8) is 0 Å². The summed E-state index contributed by atoms with van der Waals surface area (Å²) in [6.07, 6.45) is 47.7. The number of allylic oxidation sites excluding steroid dienone is 11. The fraction of sp³-hybridized carbons (Fsp3) is 0.520. The molecule has 6 atom stereocenters. The molecule has 0 amide bonds. The highest BCUT2D eigenvalue weighted by atomic mass is 15.2. The van der Waals surface area contributed by atoms with E-state index in [-0.39, 0.29) is 12.1 Å². The molecule has 0 saturated heterocycles. The van der Waals surface area contributed by atoms with Gasteiger partial charge in [-0.2, -0.15) is 0 Å². The third-order valence-corrected chi connectivity index (χ3v) is 14.1. The Morgan fingerprint density at radius 3 is 2.19 bits per heavy atom. The van der Waals surface area contributed by atoms with Crippen molar-refractivity contribution in [1.82, 2.24) is 10.6 Å². The first-order valence-corrected chi connectivity index (χ1v) is 22.0. The highest BCUT2D eigenvalue weighted by Crippen LogP contribution is 2.41. The standard InChI is InChI=1S/C50H62N4/c1-5-14-35(15-6-1)37-24-28-41(29-25-37)48-52-49(42-30-26-38(27-31-42)36-16-7-2-8-17-36)54-50(53-48)44-23-13-22-43(32-44)47-33-45(39-18-9-3-10-19-39)46(34-51-47)40-20-11-4-12-21-40/h3,5,9-11,13-14,16,18-20,22-25,28,35,38,40-43,47,50-51H,1-2,4,6-8,12,15,17,21,26-27,29-34H2,(H,52,53,54). The summed E-state index contributed by atoms with van der Waals surface area (Å²) in [5.41, 5.74) is 9.21. The van der Waals surface area contributed by atoms with Crippen LogP contribution in [0.4, 0.5) is 0 Å². The molecule has 2 aliphatic heterocycles. The molecule has 0 radical (unpaired) electrons. The first-order chi connectivity index (χ1) is 26.7. The van der Waals surface area contributed by atoms with E-state index in [0.717, 1.165) is 37.6 Å². The van der Waals surface area contributed by atoms with Crippen LogP contribution in [-0.2, 0) is 0 Å². The molecule has 0 bridgehead atoms. The van der Waals surface area contributed by atoms with Crippen LogP contribution in [0.1, 0.15) is 115 Å². The minimum Gasteiger partial charge on any atom is -0.332 e. The molecule has 1 aromatic rings. The van der Waals surface area contributed by atoms with Gasteiger partial charge >= 0.3 is 0 Å². The van der Waals surface area contributed by atoms with E-state index in [1.807, 2.05) is 0 Å². The summed E-state index contributed by atoms with van der Waals surface area (Å²) < 4.78 is 0. The second-order valence-corrected chi connectivity index (χ2v) is 17.5. The van der Waals surface area contributed by atoms with Crippen molar-refractivity contribution < 1.29 is 0 Å². The van der Waals surface area contributed by atoms with E-state index in [9.17, 15) is 0 Å². The molecule has 0 aromatic heterocycles. The number of amidine groups is 2. The number of hydrogen-bond acceptors (Lipinski definition) is 4. The van der Waals surface area contributed by atoms with Crippen LogP contribution in [0.2, 0.25) is 0 Å². The Morgan fingerprint density at radius 1 is 0.648 bits per heavy atom. The monoisotopic (exact) mass is 718 g/mol. The number of rotatable bonds is 8. The zero-order chi connectivity index (χ0) is 36.1. The van der Waals surface area contributed by atoms with E-state index in [1.165, 1.54) is 112 Å². The molecule has 2 N–H and O–H groups in total. The smallest absolute Gasteiger partial charge is 0.165 e. The summed E-state index contributed by atoms with van der Waals surface area (Å²) in [4.78, 5) is 11.0. The molecular weight excluding hydrogens is 657 g/mol. The van der Waals surface area contributed by atoms with Gasteiger partial charge in [-0.15, -0.1) is 0 Å². The molecule has 6 aliphatic carbocycles. The second kappa shape index (κ2) is 16.9. The summed E-state index contributed by atoms with van der Waals surface area (Å²) in [5.74, 6) is 5.45. The topological polar surface area (TPSA) is 48.8 Å². The molecule has 282 valence electrons. The van der Waals surface area contributed by atoms with Crippen LogP contribution >= 0.6 is 0 Å². The van der Waals surface area contributed by atoms with Gasteiger partial charge < -0.3 is 10.6 Å². The Balaban J connectivity index is 0.943. The van der Waals surface area contributed by atoms with Gasteiger partial charge in [-0.25, -0.2) is 9.98 Å². The summed E-state index contributed by atoms with van der Waals surface area (Å²) in [7, 11) is 0. The zero-order valence-corrected chi connectivity index (χ0v) is 32.5. The SMILES string of the molecule is C1=CC(C2CC(c3ccccc3)=C(C3C=CCCC3)CN2)CC(C2N=C(C3C=CC(C4C=CCCC4)=CC3)NC(C3CCC(C4=CCCCC4)CC3)=N2)=C1. The van der Waals surface area contributed by atoms with Crippen LogP contribution in [0.25, 0.3) is 5.57 Å². The van der Waals surface area contributed by atoms with Gasteiger partial charge in [0.05, 0.1) is 0 Å². The van der Waals surface area contributed by atoms with E-state index < -0.39 is 0 Å². The fourth-order valence-corrected chi connectivity index (χ4v) is 10.9. The predicted molar refractivity (Wildman–Crippen MR) is 227 cm³/mol. The van der Waals surface area contributed by atoms with Gasteiger partial charge in [-0.3, -0.25) is 0 Å². The van der Waals surface area contributed by atoms with Crippen LogP contribution in [0.15, 0.2) is 129 Å². The third-order valence-electron chi connectivity index (χ3n) is 14.1. The van der Waals surface area contributed by atoms with Crippen LogP contribution in [-0.4, -0.2) is 30.4 Å². The van der Waals surface area contributed by atoms with Crippen molar-refractivity contribution in [3.05, 3.63) is 125 Å². The van der Waals surface area contributed by atoms with Crippen molar-refractivity contribution in [2.75, 3.05) is 6.54 Å². The number of benzene rings is 1. The highest BCUT2D eigenvalue weighted by Gasteiger charge is 2.35. The molecular formula is C50H62N4. The largest absolute Gasteiger partial charge is 0.332 e.